The molecule has 0 bridgehead atoms. The van der Waals surface area contributed by atoms with Crippen molar-refractivity contribution in [2.45, 2.75) is 32.1 Å². The summed E-state index contributed by atoms with van der Waals surface area (Å²) in [7, 11) is 0. The molecule has 22 heavy (non-hydrogen) atoms. The molecular weight excluding hydrogens is 287 g/mol. The SMILES string of the molecule is O=C(CCCCCCNc1ncnc2cccc(F)c12)NO. The number of carbonyl (C=O) groups excluding carboxylic acids is 1. The van der Waals surface area contributed by atoms with Gasteiger partial charge in [-0.15, -0.1) is 0 Å². The van der Waals surface area contributed by atoms with Crippen molar-refractivity contribution in [3.8, 4) is 0 Å². The molecule has 1 aromatic carbocycles. The number of nitrogens with one attached hydrogen (secondary N) is 2. The third-order valence-electron chi connectivity index (χ3n) is 3.36. The number of hydrogen-bond acceptors (Lipinski definition) is 5. The number of aromatic nitrogens is 2. The van der Waals surface area contributed by atoms with E-state index in [9.17, 15) is 9.18 Å². The van der Waals surface area contributed by atoms with Crippen molar-refractivity contribution in [3.63, 3.8) is 0 Å². The summed E-state index contributed by atoms with van der Waals surface area (Å²) in [5.74, 6) is -0.195. The van der Waals surface area contributed by atoms with E-state index in [2.05, 4.69) is 15.3 Å². The Hall–Kier alpha value is -2.28. The Morgan fingerprint density at radius 3 is 2.82 bits per heavy atom. The first-order valence-electron chi connectivity index (χ1n) is 7.28. The Labute approximate surface area is 127 Å². The third-order valence-corrected chi connectivity index (χ3v) is 3.36. The summed E-state index contributed by atoms with van der Waals surface area (Å²) in [6.07, 6.45) is 5.20. The topological polar surface area (TPSA) is 87.1 Å². The molecule has 0 aliphatic rings. The summed E-state index contributed by atoms with van der Waals surface area (Å²) >= 11 is 0. The summed E-state index contributed by atoms with van der Waals surface area (Å²) in [6, 6.07) is 4.76. The molecule has 0 aliphatic heterocycles. The fourth-order valence-electron chi connectivity index (χ4n) is 2.23. The molecule has 0 saturated heterocycles. The quantitative estimate of drug-likeness (QED) is 0.396. The lowest BCUT2D eigenvalue weighted by Crippen LogP contribution is -2.17. The zero-order chi connectivity index (χ0) is 15.8. The first-order valence-corrected chi connectivity index (χ1v) is 7.28. The van der Waals surface area contributed by atoms with Gasteiger partial charge in [0.15, 0.2) is 0 Å². The molecule has 118 valence electrons. The smallest absolute Gasteiger partial charge is 0.243 e. The number of anilines is 1. The van der Waals surface area contributed by atoms with E-state index in [-0.39, 0.29) is 11.7 Å². The lowest BCUT2D eigenvalue weighted by atomic mass is 10.1. The minimum atomic E-state index is -0.360. The number of nitrogens with zero attached hydrogens (tertiary/aromatic N) is 2. The Kier molecular flexibility index (Phi) is 6.02. The van der Waals surface area contributed by atoms with Crippen molar-refractivity contribution >= 4 is 22.6 Å². The van der Waals surface area contributed by atoms with Crippen LogP contribution in [0.5, 0.6) is 0 Å². The maximum absolute atomic E-state index is 13.9. The maximum Gasteiger partial charge on any atom is 0.243 e. The average Bonchev–Trinajstić information content (AvgIpc) is 2.54. The van der Waals surface area contributed by atoms with Crippen LogP contribution in [-0.2, 0) is 4.79 Å². The molecule has 1 aromatic heterocycles. The summed E-state index contributed by atoms with van der Waals surface area (Å²) in [6.45, 7) is 0.673. The van der Waals surface area contributed by atoms with E-state index in [1.807, 2.05) is 0 Å². The number of amides is 1. The van der Waals surface area contributed by atoms with Crippen LogP contribution in [0.4, 0.5) is 10.2 Å². The highest BCUT2D eigenvalue weighted by Crippen LogP contribution is 2.22. The number of hydrogen-bond donors (Lipinski definition) is 3. The predicted molar refractivity (Wildman–Crippen MR) is 81.0 cm³/mol. The van der Waals surface area contributed by atoms with Gasteiger partial charge in [-0.25, -0.2) is 19.8 Å². The molecule has 6 nitrogen and oxygen atoms in total. The van der Waals surface area contributed by atoms with Gasteiger partial charge < -0.3 is 5.32 Å². The highest BCUT2D eigenvalue weighted by atomic mass is 19.1. The maximum atomic E-state index is 13.9. The highest BCUT2D eigenvalue weighted by Gasteiger charge is 2.07. The molecule has 0 aliphatic carbocycles. The first kappa shape index (κ1) is 16.1. The van der Waals surface area contributed by atoms with Gasteiger partial charge in [0.2, 0.25) is 5.91 Å². The predicted octanol–water partition coefficient (Wildman–Crippen LogP) is 2.64. The molecule has 1 amide bonds. The minimum absolute atomic E-state index is 0.325. The van der Waals surface area contributed by atoms with Crippen molar-refractivity contribution < 1.29 is 14.4 Å². The fraction of sp³-hybridized carbons (Fsp3) is 0.400. The van der Waals surface area contributed by atoms with Crippen molar-refractivity contribution in [1.82, 2.24) is 15.4 Å². The van der Waals surface area contributed by atoms with Crippen LogP contribution in [0.25, 0.3) is 10.9 Å². The summed E-state index contributed by atoms with van der Waals surface area (Å²) in [5.41, 5.74) is 2.19. The summed E-state index contributed by atoms with van der Waals surface area (Å²) in [4.78, 5) is 19.0. The van der Waals surface area contributed by atoms with Gasteiger partial charge in [-0.1, -0.05) is 18.9 Å². The third kappa shape index (κ3) is 4.36. The lowest BCUT2D eigenvalue weighted by Gasteiger charge is -2.08. The van der Waals surface area contributed by atoms with Crippen LogP contribution in [0, 0.1) is 5.82 Å². The van der Waals surface area contributed by atoms with Gasteiger partial charge in [0.05, 0.1) is 10.9 Å². The Bertz CT molecular complexity index is 631. The van der Waals surface area contributed by atoms with Crippen LogP contribution in [0.2, 0.25) is 0 Å². The van der Waals surface area contributed by atoms with E-state index < -0.39 is 0 Å². The molecule has 0 radical (unpaired) electrons. The average molecular weight is 306 g/mol. The van der Waals surface area contributed by atoms with Gasteiger partial charge in [0.1, 0.15) is 18.0 Å². The standard InChI is InChI=1S/C15H19FN4O2/c16-11-6-5-7-12-14(11)15(19-10-18-12)17-9-4-2-1-3-8-13(21)20-22/h5-7,10,22H,1-4,8-9H2,(H,20,21)(H,17,18,19). The molecule has 3 N–H and O–H groups in total. The van der Waals surface area contributed by atoms with E-state index in [0.29, 0.717) is 29.7 Å². The first-order chi connectivity index (χ1) is 10.7. The molecule has 2 aromatic rings. The number of benzene rings is 1. The molecule has 7 heteroatoms. The van der Waals surface area contributed by atoms with E-state index in [1.54, 1.807) is 17.6 Å². The molecule has 0 fully saturated rings. The Morgan fingerprint density at radius 2 is 2.00 bits per heavy atom. The van der Waals surface area contributed by atoms with Crippen LogP contribution < -0.4 is 10.8 Å². The van der Waals surface area contributed by atoms with Crippen LogP contribution in [0.1, 0.15) is 32.1 Å². The number of halogens is 1. The van der Waals surface area contributed by atoms with Crippen molar-refractivity contribution in [3.05, 3.63) is 30.3 Å². The van der Waals surface area contributed by atoms with Gasteiger partial charge in [0.25, 0.3) is 0 Å². The number of unbranched alkanes of at least 4 members (excludes halogenated alkanes) is 3. The minimum Gasteiger partial charge on any atom is -0.369 e. The van der Waals surface area contributed by atoms with Gasteiger partial charge >= 0.3 is 0 Å². The van der Waals surface area contributed by atoms with Crippen LogP contribution in [0.15, 0.2) is 24.5 Å². The monoisotopic (exact) mass is 306 g/mol. The molecule has 0 saturated carbocycles. The lowest BCUT2D eigenvalue weighted by molar-refractivity contribution is -0.129. The largest absolute Gasteiger partial charge is 0.369 e. The number of hydroxylamine groups is 1. The zero-order valence-electron chi connectivity index (χ0n) is 12.2. The van der Waals surface area contributed by atoms with Crippen molar-refractivity contribution in [2.24, 2.45) is 0 Å². The van der Waals surface area contributed by atoms with Crippen LogP contribution in [-0.4, -0.2) is 27.6 Å². The van der Waals surface area contributed by atoms with Gasteiger partial charge in [-0.2, -0.15) is 0 Å². The van der Waals surface area contributed by atoms with E-state index >= 15 is 0 Å². The molecule has 1 heterocycles. The normalized spacial score (nSPS) is 10.6. The second-order valence-corrected chi connectivity index (χ2v) is 4.98. The fourth-order valence-corrected chi connectivity index (χ4v) is 2.23. The number of rotatable bonds is 8. The Balaban J connectivity index is 1.77. The summed E-state index contributed by atoms with van der Waals surface area (Å²) < 4.78 is 13.9. The molecule has 0 unspecified atom stereocenters. The molecule has 2 rings (SSSR count). The molecule has 0 spiro atoms. The second kappa shape index (κ2) is 8.23. The Morgan fingerprint density at radius 1 is 1.18 bits per heavy atom. The van der Waals surface area contributed by atoms with Crippen LogP contribution >= 0.6 is 0 Å². The van der Waals surface area contributed by atoms with Crippen LogP contribution in [0.3, 0.4) is 0 Å². The zero-order valence-corrected chi connectivity index (χ0v) is 12.2. The molecule has 0 atom stereocenters. The van der Waals surface area contributed by atoms with E-state index in [1.165, 1.54) is 12.4 Å². The van der Waals surface area contributed by atoms with Crippen molar-refractivity contribution in [2.75, 3.05) is 11.9 Å². The number of carbonyl (C=O) groups is 1. The van der Waals surface area contributed by atoms with E-state index in [0.717, 1.165) is 25.7 Å². The number of fused-ring (bicyclic) bond motifs is 1. The van der Waals surface area contributed by atoms with Gasteiger partial charge in [-0.3, -0.25) is 10.0 Å². The second-order valence-electron chi connectivity index (χ2n) is 4.98. The van der Waals surface area contributed by atoms with Gasteiger partial charge in [0, 0.05) is 13.0 Å². The highest BCUT2D eigenvalue weighted by molar-refractivity contribution is 5.89. The molecular formula is C15H19FN4O2. The van der Waals surface area contributed by atoms with Gasteiger partial charge in [-0.05, 0) is 25.0 Å². The van der Waals surface area contributed by atoms with E-state index in [4.69, 9.17) is 5.21 Å². The van der Waals surface area contributed by atoms with Crippen molar-refractivity contribution in [1.29, 1.82) is 0 Å². The summed E-state index contributed by atoms with van der Waals surface area (Å²) in [5, 5.41) is 11.9.